The number of rotatable bonds is 11. The summed E-state index contributed by atoms with van der Waals surface area (Å²) in [5.41, 5.74) is 0.810. The Labute approximate surface area is 252 Å². The highest BCUT2D eigenvalue weighted by atomic mass is 32.1. The normalized spacial score (nSPS) is 19.5. The first-order valence-electron chi connectivity index (χ1n) is 14.8. The zero-order chi connectivity index (χ0) is 29.4. The van der Waals surface area contributed by atoms with Crippen LogP contribution in [-0.2, 0) is 11.3 Å². The van der Waals surface area contributed by atoms with E-state index in [1.165, 1.54) is 4.57 Å². The Morgan fingerprint density at radius 3 is 2.56 bits per heavy atom. The number of aromatic nitrogens is 1. The third kappa shape index (κ3) is 8.25. The number of nitrogens with zero attached hydrogens (tertiary/aromatic N) is 3. The van der Waals surface area contributed by atoms with Gasteiger partial charge >= 0.3 is 5.97 Å². The molecule has 8 heteroatoms. The van der Waals surface area contributed by atoms with Gasteiger partial charge in [-0.1, -0.05) is 71.9 Å². The van der Waals surface area contributed by atoms with Crippen molar-refractivity contribution in [2.75, 3.05) is 0 Å². The minimum absolute atomic E-state index is 0. The summed E-state index contributed by atoms with van der Waals surface area (Å²) in [5, 5.41) is 19.5. The second-order valence-corrected chi connectivity index (χ2v) is 11.6. The SMILES string of the molecule is C#Cc1c(C)c(N=Nc2ccccc2C(=O)OC2CCC(C)CC2C(C)C)c(=O)n(CC(CC)CCCC)c1O.S. The van der Waals surface area contributed by atoms with Crippen LogP contribution in [0, 0.1) is 42.9 Å². The van der Waals surface area contributed by atoms with Gasteiger partial charge < -0.3 is 9.84 Å². The van der Waals surface area contributed by atoms with Crippen LogP contribution in [-0.4, -0.2) is 21.7 Å². The molecular formula is C33H47N3O4S. The summed E-state index contributed by atoms with van der Waals surface area (Å²) in [6.07, 6.45) is 12.4. The highest BCUT2D eigenvalue weighted by molar-refractivity contribution is 7.59. The molecule has 1 fully saturated rings. The van der Waals surface area contributed by atoms with E-state index in [0.29, 0.717) is 41.1 Å². The molecule has 0 radical (unpaired) electrons. The first kappa shape index (κ1) is 34.2. The summed E-state index contributed by atoms with van der Waals surface area (Å²) in [5.74, 6) is 3.41. The molecule has 1 N–H and O–H groups in total. The van der Waals surface area contributed by atoms with Crippen molar-refractivity contribution in [1.82, 2.24) is 4.57 Å². The molecule has 1 aliphatic carbocycles. The number of carbonyl (C=O) groups is 1. The average Bonchev–Trinajstić information content (AvgIpc) is 2.94. The molecule has 4 unspecified atom stereocenters. The molecule has 0 saturated heterocycles. The minimum atomic E-state index is -0.455. The summed E-state index contributed by atoms with van der Waals surface area (Å²) in [7, 11) is 0. The predicted octanol–water partition coefficient (Wildman–Crippen LogP) is 8.21. The van der Waals surface area contributed by atoms with Crippen molar-refractivity contribution in [3.05, 3.63) is 51.3 Å². The van der Waals surface area contributed by atoms with E-state index in [2.05, 4.69) is 50.8 Å². The van der Waals surface area contributed by atoms with Crippen LogP contribution in [0.15, 0.2) is 39.3 Å². The molecule has 1 aromatic carbocycles. The summed E-state index contributed by atoms with van der Waals surface area (Å²) < 4.78 is 7.35. The molecule has 1 heterocycles. The van der Waals surface area contributed by atoms with Crippen molar-refractivity contribution in [3.63, 3.8) is 0 Å². The highest BCUT2D eigenvalue weighted by Crippen LogP contribution is 2.36. The first-order chi connectivity index (χ1) is 19.1. The van der Waals surface area contributed by atoms with Gasteiger partial charge in [-0.05, 0) is 68.4 Å². The van der Waals surface area contributed by atoms with Crippen LogP contribution >= 0.6 is 13.5 Å². The predicted molar refractivity (Wildman–Crippen MR) is 170 cm³/mol. The number of unbranched alkanes of at least 4 members (excludes halogenated alkanes) is 1. The van der Waals surface area contributed by atoms with Gasteiger partial charge in [0.1, 0.15) is 11.8 Å². The van der Waals surface area contributed by atoms with Crippen molar-refractivity contribution in [2.24, 2.45) is 33.9 Å². The number of hydrogen-bond donors (Lipinski definition) is 1. The smallest absolute Gasteiger partial charge is 0.340 e. The monoisotopic (exact) mass is 581 g/mol. The van der Waals surface area contributed by atoms with Gasteiger partial charge in [-0.15, -0.1) is 16.7 Å². The van der Waals surface area contributed by atoms with Crippen LogP contribution < -0.4 is 5.56 Å². The molecule has 0 aliphatic heterocycles. The van der Waals surface area contributed by atoms with Gasteiger partial charge in [0.05, 0.1) is 11.1 Å². The van der Waals surface area contributed by atoms with E-state index in [-0.39, 0.29) is 42.6 Å². The Hall–Kier alpha value is -3.05. The van der Waals surface area contributed by atoms with Crippen molar-refractivity contribution in [2.45, 2.75) is 99.1 Å². The fraction of sp³-hybridized carbons (Fsp3) is 0.576. The van der Waals surface area contributed by atoms with E-state index in [4.69, 9.17) is 11.2 Å². The minimum Gasteiger partial charge on any atom is -0.493 e. The van der Waals surface area contributed by atoms with Crippen molar-refractivity contribution in [3.8, 4) is 18.2 Å². The number of pyridine rings is 1. The average molecular weight is 582 g/mol. The van der Waals surface area contributed by atoms with Gasteiger partial charge in [0.15, 0.2) is 5.69 Å². The molecule has 41 heavy (non-hydrogen) atoms. The number of terminal acetylenes is 1. The number of hydrogen-bond acceptors (Lipinski definition) is 6. The molecule has 1 saturated carbocycles. The Morgan fingerprint density at radius 1 is 1.22 bits per heavy atom. The van der Waals surface area contributed by atoms with Crippen LogP contribution in [0.1, 0.15) is 101 Å². The number of esters is 1. The number of ether oxygens (including phenoxy) is 1. The van der Waals surface area contributed by atoms with E-state index < -0.39 is 11.5 Å². The standard InChI is InChI=1S/C33H45N3O4.H2S/c1-8-11-14-24(9-2)20-36-31(37)25(10-3)23(7)30(32(36)38)35-34-28-16-13-12-15-26(28)33(39)40-29-18-17-22(6)19-27(29)21(4)5;/h3,12-13,15-16,21-22,24,27,29,37H,8-9,11,14,17-20H2,1-2,4-7H3;1H2. The molecule has 0 amide bonds. The summed E-state index contributed by atoms with van der Waals surface area (Å²) in [6.45, 7) is 12.8. The number of carbonyl (C=O) groups excluding carboxylic acids is 1. The third-order valence-electron chi connectivity index (χ3n) is 8.38. The Morgan fingerprint density at radius 2 is 1.93 bits per heavy atom. The van der Waals surface area contributed by atoms with Crippen LogP contribution in [0.4, 0.5) is 11.4 Å². The summed E-state index contributed by atoms with van der Waals surface area (Å²) in [4.78, 5) is 26.8. The number of aromatic hydroxyl groups is 1. The molecule has 7 nitrogen and oxygen atoms in total. The molecule has 1 aromatic heterocycles. The Kier molecular flexibility index (Phi) is 13.2. The fourth-order valence-electron chi connectivity index (χ4n) is 5.72. The molecule has 2 aromatic rings. The molecule has 224 valence electrons. The summed E-state index contributed by atoms with van der Waals surface area (Å²) in [6, 6.07) is 6.87. The third-order valence-corrected chi connectivity index (χ3v) is 8.38. The van der Waals surface area contributed by atoms with E-state index >= 15 is 0 Å². The Bertz CT molecular complexity index is 1310. The number of azo groups is 1. The van der Waals surface area contributed by atoms with Crippen LogP contribution in [0.5, 0.6) is 5.88 Å². The van der Waals surface area contributed by atoms with Crippen LogP contribution in [0.2, 0.25) is 0 Å². The zero-order valence-electron chi connectivity index (χ0n) is 25.4. The highest BCUT2D eigenvalue weighted by Gasteiger charge is 2.34. The topological polar surface area (TPSA) is 93.3 Å². The Balaban J connectivity index is 0.00000588. The van der Waals surface area contributed by atoms with Crippen molar-refractivity contribution < 1.29 is 14.6 Å². The van der Waals surface area contributed by atoms with E-state index in [9.17, 15) is 14.7 Å². The van der Waals surface area contributed by atoms with Crippen molar-refractivity contribution in [1.29, 1.82) is 0 Å². The summed E-state index contributed by atoms with van der Waals surface area (Å²) >= 11 is 0. The lowest BCUT2D eigenvalue weighted by Gasteiger charge is -2.36. The molecule has 0 spiro atoms. The maximum Gasteiger partial charge on any atom is 0.340 e. The lowest BCUT2D eigenvalue weighted by Crippen LogP contribution is -2.35. The second-order valence-electron chi connectivity index (χ2n) is 11.6. The van der Waals surface area contributed by atoms with Gasteiger partial charge in [0.25, 0.3) is 5.56 Å². The zero-order valence-corrected chi connectivity index (χ0v) is 26.4. The van der Waals surface area contributed by atoms with Crippen LogP contribution in [0.3, 0.4) is 0 Å². The van der Waals surface area contributed by atoms with Gasteiger partial charge in [-0.25, -0.2) is 4.79 Å². The van der Waals surface area contributed by atoms with E-state index in [1.807, 2.05) is 0 Å². The van der Waals surface area contributed by atoms with Gasteiger partial charge in [-0.2, -0.15) is 13.5 Å². The first-order valence-corrected chi connectivity index (χ1v) is 14.8. The largest absolute Gasteiger partial charge is 0.493 e. The molecule has 4 atom stereocenters. The van der Waals surface area contributed by atoms with Crippen molar-refractivity contribution >= 4 is 30.8 Å². The lowest BCUT2D eigenvalue weighted by molar-refractivity contribution is -0.0160. The van der Waals surface area contributed by atoms with Gasteiger partial charge in [-0.3, -0.25) is 9.36 Å². The number of benzene rings is 1. The quantitative estimate of drug-likeness (QED) is 0.164. The maximum absolute atomic E-state index is 13.5. The molecule has 1 aliphatic rings. The van der Waals surface area contributed by atoms with Gasteiger partial charge in [0, 0.05) is 12.1 Å². The lowest BCUT2D eigenvalue weighted by atomic mass is 9.75. The second kappa shape index (κ2) is 15.8. The van der Waals surface area contributed by atoms with E-state index in [1.54, 1.807) is 31.2 Å². The molecular weight excluding hydrogens is 534 g/mol. The molecule has 3 rings (SSSR count). The van der Waals surface area contributed by atoms with E-state index in [0.717, 1.165) is 44.9 Å². The fourth-order valence-corrected chi connectivity index (χ4v) is 5.72. The van der Waals surface area contributed by atoms with Gasteiger partial charge in [0.2, 0.25) is 5.88 Å². The molecule has 0 bridgehead atoms. The van der Waals surface area contributed by atoms with Crippen LogP contribution in [0.25, 0.3) is 0 Å². The maximum atomic E-state index is 13.5.